The van der Waals surface area contributed by atoms with Crippen LogP contribution in [0.3, 0.4) is 0 Å². The fraction of sp³-hybridized carbons (Fsp3) is 0.303. The quantitative estimate of drug-likeness (QED) is 0.166. The summed E-state index contributed by atoms with van der Waals surface area (Å²) in [6.07, 6.45) is -0.275. The van der Waals surface area contributed by atoms with Gasteiger partial charge in [-0.25, -0.2) is 4.79 Å². The zero-order valence-corrected chi connectivity index (χ0v) is 23.9. The summed E-state index contributed by atoms with van der Waals surface area (Å²) in [6.45, 7) is 11.5. The normalized spacial score (nSPS) is 16.9. The van der Waals surface area contributed by atoms with Gasteiger partial charge in [-0.15, -0.1) is 0 Å². The van der Waals surface area contributed by atoms with E-state index in [9.17, 15) is 19.5 Å². The van der Waals surface area contributed by atoms with Crippen molar-refractivity contribution >= 4 is 29.1 Å². The van der Waals surface area contributed by atoms with Gasteiger partial charge >= 0.3 is 5.97 Å². The molecule has 3 aromatic rings. The van der Waals surface area contributed by atoms with Crippen LogP contribution in [0.2, 0.25) is 0 Å². The SMILES string of the molecule is COc1ccc(/C(O)=C2/C(=O)C(=O)N(c3ccc(C(=O)OC(C)C)cc3)C2c2cccc(C)c2)cc1C(C)(C)C. The second kappa shape index (κ2) is 11.0. The van der Waals surface area contributed by atoms with Crippen LogP contribution in [0.15, 0.2) is 72.3 Å². The first-order chi connectivity index (χ1) is 18.8. The molecule has 0 saturated carbocycles. The molecule has 3 aromatic carbocycles. The maximum atomic E-state index is 13.6. The molecule has 40 heavy (non-hydrogen) atoms. The summed E-state index contributed by atoms with van der Waals surface area (Å²) in [5, 5.41) is 11.6. The summed E-state index contributed by atoms with van der Waals surface area (Å²) in [5.74, 6) is -1.64. The first-order valence-electron chi connectivity index (χ1n) is 13.2. The molecule has 0 radical (unpaired) electrons. The Morgan fingerprint density at radius 2 is 1.60 bits per heavy atom. The predicted octanol–water partition coefficient (Wildman–Crippen LogP) is 6.49. The van der Waals surface area contributed by atoms with Crippen molar-refractivity contribution < 1.29 is 29.0 Å². The fourth-order valence-electron chi connectivity index (χ4n) is 4.89. The molecule has 0 spiro atoms. The van der Waals surface area contributed by atoms with Crippen molar-refractivity contribution in [3.05, 3.63) is 100 Å². The number of hydrogen-bond acceptors (Lipinski definition) is 6. The Bertz CT molecular complexity index is 1490. The molecule has 1 unspecified atom stereocenters. The van der Waals surface area contributed by atoms with E-state index in [0.717, 1.165) is 11.1 Å². The minimum atomic E-state index is -0.881. The summed E-state index contributed by atoms with van der Waals surface area (Å²) in [5.41, 5.74) is 3.31. The minimum absolute atomic E-state index is 0.0103. The number of carbonyl (C=O) groups is 3. The van der Waals surface area contributed by atoms with Gasteiger partial charge in [0.15, 0.2) is 0 Å². The van der Waals surface area contributed by atoms with E-state index in [2.05, 4.69) is 0 Å². The van der Waals surface area contributed by atoms with E-state index in [0.29, 0.717) is 28.1 Å². The number of methoxy groups -OCH3 is 1. The van der Waals surface area contributed by atoms with Crippen LogP contribution in [0.1, 0.15) is 73.3 Å². The average molecular weight is 542 g/mol. The molecule has 1 atom stereocenters. The number of nitrogens with zero attached hydrogens (tertiary/aromatic N) is 1. The Kier molecular flexibility index (Phi) is 7.87. The monoisotopic (exact) mass is 541 g/mol. The third kappa shape index (κ3) is 5.50. The maximum absolute atomic E-state index is 13.6. The van der Waals surface area contributed by atoms with E-state index < -0.39 is 23.7 Å². The van der Waals surface area contributed by atoms with Crippen LogP contribution < -0.4 is 9.64 Å². The Morgan fingerprint density at radius 1 is 0.950 bits per heavy atom. The van der Waals surface area contributed by atoms with E-state index in [1.165, 1.54) is 4.90 Å². The van der Waals surface area contributed by atoms with Gasteiger partial charge in [-0.1, -0.05) is 50.6 Å². The van der Waals surface area contributed by atoms with Crippen molar-refractivity contribution in [3.8, 4) is 5.75 Å². The lowest BCUT2D eigenvalue weighted by atomic mass is 9.84. The van der Waals surface area contributed by atoms with Crippen molar-refractivity contribution in [1.29, 1.82) is 0 Å². The zero-order chi connectivity index (χ0) is 29.4. The predicted molar refractivity (Wildman–Crippen MR) is 155 cm³/mol. The summed E-state index contributed by atoms with van der Waals surface area (Å²) < 4.78 is 10.8. The molecule has 0 aromatic heterocycles. The smallest absolute Gasteiger partial charge is 0.338 e. The van der Waals surface area contributed by atoms with Crippen molar-refractivity contribution in [2.45, 2.75) is 59.1 Å². The Hall–Kier alpha value is -4.39. The number of aliphatic hydroxyl groups excluding tert-OH is 1. The molecule has 0 bridgehead atoms. The van der Waals surface area contributed by atoms with Gasteiger partial charge in [-0.05, 0) is 74.2 Å². The number of ketones is 1. The molecule has 1 amide bonds. The van der Waals surface area contributed by atoms with E-state index in [1.54, 1.807) is 63.4 Å². The third-order valence-electron chi connectivity index (χ3n) is 6.81. The van der Waals surface area contributed by atoms with Crippen LogP contribution in [-0.4, -0.2) is 36.0 Å². The van der Waals surface area contributed by atoms with Crippen LogP contribution in [0, 0.1) is 6.92 Å². The van der Waals surface area contributed by atoms with Gasteiger partial charge in [-0.2, -0.15) is 0 Å². The molecule has 1 aliphatic heterocycles. The topological polar surface area (TPSA) is 93.1 Å². The van der Waals surface area contributed by atoms with Gasteiger partial charge in [0.05, 0.1) is 30.4 Å². The van der Waals surface area contributed by atoms with Crippen LogP contribution in [0.5, 0.6) is 5.75 Å². The van der Waals surface area contributed by atoms with Gasteiger partial charge in [0.25, 0.3) is 11.7 Å². The molecule has 1 saturated heterocycles. The maximum Gasteiger partial charge on any atom is 0.338 e. The number of esters is 1. The molecule has 4 rings (SSSR count). The molecule has 1 aliphatic rings. The van der Waals surface area contributed by atoms with Crippen molar-refractivity contribution in [2.24, 2.45) is 0 Å². The number of benzene rings is 3. The van der Waals surface area contributed by atoms with Crippen molar-refractivity contribution in [1.82, 2.24) is 0 Å². The van der Waals surface area contributed by atoms with Crippen LogP contribution in [-0.2, 0) is 19.7 Å². The highest BCUT2D eigenvalue weighted by atomic mass is 16.5. The summed E-state index contributed by atoms with van der Waals surface area (Å²) >= 11 is 0. The summed E-state index contributed by atoms with van der Waals surface area (Å²) in [4.78, 5) is 40.8. The number of aryl methyl sites for hydroxylation is 1. The average Bonchev–Trinajstić information content (AvgIpc) is 3.17. The number of anilines is 1. The van der Waals surface area contributed by atoms with Gasteiger partial charge in [0.1, 0.15) is 11.5 Å². The molecule has 1 heterocycles. The lowest BCUT2D eigenvalue weighted by Gasteiger charge is -2.26. The van der Waals surface area contributed by atoms with E-state index in [1.807, 2.05) is 52.0 Å². The lowest BCUT2D eigenvalue weighted by Crippen LogP contribution is -2.29. The number of ether oxygens (including phenoxy) is 2. The molecule has 1 N–H and O–H groups in total. The first kappa shape index (κ1) is 28.6. The summed E-state index contributed by atoms with van der Waals surface area (Å²) in [6, 6.07) is 18.2. The van der Waals surface area contributed by atoms with E-state index >= 15 is 0 Å². The molecular weight excluding hydrogens is 506 g/mol. The van der Waals surface area contributed by atoms with Gasteiger partial charge < -0.3 is 14.6 Å². The second-order valence-electron chi connectivity index (χ2n) is 11.2. The Balaban J connectivity index is 1.88. The highest BCUT2D eigenvalue weighted by Crippen LogP contribution is 2.43. The van der Waals surface area contributed by atoms with Crippen molar-refractivity contribution in [3.63, 3.8) is 0 Å². The van der Waals surface area contributed by atoms with Crippen LogP contribution >= 0.6 is 0 Å². The van der Waals surface area contributed by atoms with E-state index in [4.69, 9.17) is 9.47 Å². The number of hydrogen-bond donors (Lipinski definition) is 1. The molecule has 208 valence electrons. The largest absolute Gasteiger partial charge is 0.507 e. The molecule has 0 aliphatic carbocycles. The minimum Gasteiger partial charge on any atom is -0.507 e. The molecule has 7 nitrogen and oxygen atoms in total. The molecule has 7 heteroatoms. The van der Waals surface area contributed by atoms with Crippen LogP contribution in [0.25, 0.3) is 5.76 Å². The first-order valence-corrected chi connectivity index (χ1v) is 13.2. The van der Waals surface area contributed by atoms with E-state index in [-0.39, 0.29) is 22.9 Å². The highest BCUT2D eigenvalue weighted by molar-refractivity contribution is 6.51. The standard InChI is InChI=1S/C33H35NO6/c1-19(2)40-32(38)21-11-14-24(15-12-21)34-28(22-10-8-9-20(3)17-22)27(30(36)31(34)37)29(35)23-13-16-26(39-7)25(18-23)33(4,5)6/h8-19,28,35H,1-7H3/b29-27-. The zero-order valence-electron chi connectivity index (χ0n) is 23.9. The fourth-order valence-corrected chi connectivity index (χ4v) is 4.89. The molecular formula is C33H35NO6. The number of Topliss-reactive ketones (excluding diaryl/α,β-unsaturated/α-hetero) is 1. The third-order valence-corrected chi connectivity index (χ3v) is 6.81. The van der Waals surface area contributed by atoms with Gasteiger partial charge in [0, 0.05) is 16.8 Å². The number of rotatable bonds is 6. The molecule has 1 fully saturated rings. The van der Waals surface area contributed by atoms with Gasteiger partial charge in [0.2, 0.25) is 0 Å². The lowest BCUT2D eigenvalue weighted by molar-refractivity contribution is -0.132. The highest BCUT2D eigenvalue weighted by Gasteiger charge is 2.47. The Morgan fingerprint density at radius 3 is 2.17 bits per heavy atom. The summed E-state index contributed by atoms with van der Waals surface area (Å²) in [7, 11) is 1.58. The number of carbonyl (C=O) groups excluding carboxylic acids is 3. The second-order valence-corrected chi connectivity index (χ2v) is 11.2. The van der Waals surface area contributed by atoms with Crippen LogP contribution in [0.4, 0.5) is 5.69 Å². The number of aliphatic hydroxyl groups is 1. The van der Waals surface area contributed by atoms with Gasteiger partial charge in [-0.3, -0.25) is 14.5 Å². The van der Waals surface area contributed by atoms with Crippen molar-refractivity contribution in [2.75, 3.05) is 12.0 Å². The Labute approximate surface area is 235 Å². The number of amides is 1.